The van der Waals surface area contributed by atoms with Crippen LogP contribution in [0.4, 0.5) is 10.1 Å². The smallest absolute Gasteiger partial charge is 0.149 e. The number of rotatable bonds is 1. The molecule has 0 aliphatic heterocycles. The largest absolute Gasteiger partial charge is 0.396 e. The number of halogens is 1. The Labute approximate surface area is 65.0 Å². The zero-order valence-corrected chi connectivity index (χ0v) is 6.39. The van der Waals surface area contributed by atoms with Gasteiger partial charge in [-0.25, -0.2) is 4.39 Å². The van der Waals surface area contributed by atoms with Crippen LogP contribution < -0.4 is 11.5 Å². The average Bonchev–Trinajstić information content (AvgIpc) is 2.01. The Kier molecular flexibility index (Phi) is 2.10. The molecule has 2 nitrogen and oxygen atoms in total. The standard InChI is InChI=1S/C8H11FN2/c1-5-6(4-10)2-3-7(11)8(5)9/h2-3H,4,10-11H2,1H3. The molecule has 0 aliphatic rings. The van der Waals surface area contributed by atoms with E-state index in [0.29, 0.717) is 12.1 Å². The van der Waals surface area contributed by atoms with Crippen molar-refractivity contribution in [1.82, 2.24) is 0 Å². The first-order valence-corrected chi connectivity index (χ1v) is 3.40. The highest BCUT2D eigenvalue weighted by atomic mass is 19.1. The monoisotopic (exact) mass is 154 g/mol. The predicted octanol–water partition coefficient (Wildman–Crippen LogP) is 1.18. The second-order valence-corrected chi connectivity index (χ2v) is 2.46. The summed E-state index contributed by atoms with van der Waals surface area (Å²) in [5, 5.41) is 0. The van der Waals surface area contributed by atoms with E-state index in [0.717, 1.165) is 5.56 Å². The zero-order valence-electron chi connectivity index (χ0n) is 6.39. The third-order valence-corrected chi connectivity index (χ3v) is 1.75. The summed E-state index contributed by atoms with van der Waals surface area (Å²) >= 11 is 0. The topological polar surface area (TPSA) is 52.0 Å². The van der Waals surface area contributed by atoms with Gasteiger partial charge < -0.3 is 11.5 Å². The van der Waals surface area contributed by atoms with Crippen LogP contribution in [0.5, 0.6) is 0 Å². The summed E-state index contributed by atoms with van der Waals surface area (Å²) in [5.74, 6) is -0.354. The number of nitrogens with two attached hydrogens (primary N) is 2. The maximum absolute atomic E-state index is 13.0. The van der Waals surface area contributed by atoms with Gasteiger partial charge in [0.25, 0.3) is 0 Å². The van der Waals surface area contributed by atoms with E-state index in [1.165, 1.54) is 6.07 Å². The van der Waals surface area contributed by atoms with Gasteiger partial charge in [0.1, 0.15) is 5.82 Å². The molecular weight excluding hydrogens is 143 g/mol. The van der Waals surface area contributed by atoms with Crippen molar-refractivity contribution in [3.8, 4) is 0 Å². The van der Waals surface area contributed by atoms with E-state index in [1.807, 2.05) is 0 Å². The van der Waals surface area contributed by atoms with Gasteiger partial charge in [-0.3, -0.25) is 0 Å². The van der Waals surface area contributed by atoms with Crippen molar-refractivity contribution in [2.75, 3.05) is 5.73 Å². The number of hydrogen-bond acceptors (Lipinski definition) is 2. The van der Waals surface area contributed by atoms with Gasteiger partial charge in [0, 0.05) is 6.54 Å². The fraction of sp³-hybridized carbons (Fsp3) is 0.250. The van der Waals surface area contributed by atoms with Crippen LogP contribution in [0.15, 0.2) is 12.1 Å². The molecule has 0 unspecified atom stereocenters. The normalized spacial score (nSPS) is 10.1. The van der Waals surface area contributed by atoms with Crippen molar-refractivity contribution in [1.29, 1.82) is 0 Å². The van der Waals surface area contributed by atoms with Crippen LogP contribution in [0.2, 0.25) is 0 Å². The molecule has 0 heterocycles. The lowest BCUT2D eigenvalue weighted by molar-refractivity contribution is 0.620. The van der Waals surface area contributed by atoms with Crippen LogP contribution in [-0.4, -0.2) is 0 Å². The minimum Gasteiger partial charge on any atom is -0.396 e. The summed E-state index contributed by atoms with van der Waals surface area (Å²) < 4.78 is 13.0. The predicted molar refractivity (Wildman–Crippen MR) is 43.4 cm³/mol. The minimum atomic E-state index is -0.354. The van der Waals surface area contributed by atoms with E-state index in [-0.39, 0.29) is 11.5 Å². The van der Waals surface area contributed by atoms with Gasteiger partial charge in [-0.05, 0) is 24.1 Å². The molecule has 0 saturated carbocycles. The molecule has 0 atom stereocenters. The summed E-state index contributed by atoms with van der Waals surface area (Å²) in [6.07, 6.45) is 0. The van der Waals surface area contributed by atoms with Gasteiger partial charge in [0.05, 0.1) is 5.69 Å². The number of hydrogen-bond donors (Lipinski definition) is 2. The van der Waals surface area contributed by atoms with Gasteiger partial charge in [-0.1, -0.05) is 6.07 Å². The maximum atomic E-state index is 13.0. The minimum absolute atomic E-state index is 0.180. The molecule has 0 bridgehead atoms. The first kappa shape index (κ1) is 8.01. The fourth-order valence-corrected chi connectivity index (χ4v) is 0.967. The maximum Gasteiger partial charge on any atom is 0.149 e. The highest BCUT2D eigenvalue weighted by molar-refractivity contribution is 5.46. The lowest BCUT2D eigenvalue weighted by Gasteiger charge is -2.05. The molecule has 1 aromatic rings. The van der Waals surface area contributed by atoms with Crippen LogP contribution in [0, 0.1) is 12.7 Å². The number of benzene rings is 1. The Morgan fingerprint density at radius 1 is 1.45 bits per heavy atom. The molecule has 11 heavy (non-hydrogen) atoms. The molecule has 1 rings (SSSR count). The van der Waals surface area contributed by atoms with Crippen LogP contribution in [-0.2, 0) is 6.54 Å². The van der Waals surface area contributed by atoms with Crippen molar-refractivity contribution in [3.63, 3.8) is 0 Å². The summed E-state index contributed by atoms with van der Waals surface area (Å²) in [6, 6.07) is 3.28. The molecule has 0 spiro atoms. The van der Waals surface area contributed by atoms with Crippen molar-refractivity contribution < 1.29 is 4.39 Å². The van der Waals surface area contributed by atoms with Gasteiger partial charge in [0.2, 0.25) is 0 Å². The molecular formula is C8H11FN2. The van der Waals surface area contributed by atoms with E-state index >= 15 is 0 Å². The first-order valence-electron chi connectivity index (χ1n) is 3.40. The Morgan fingerprint density at radius 3 is 2.64 bits per heavy atom. The summed E-state index contributed by atoms with van der Waals surface area (Å²) in [5.41, 5.74) is 12.2. The Morgan fingerprint density at radius 2 is 2.09 bits per heavy atom. The molecule has 0 saturated heterocycles. The van der Waals surface area contributed by atoms with Gasteiger partial charge >= 0.3 is 0 Å². The highest BCUT2D eigenvalue weighted by Crippen LogP contribution is 2.17. The average molecular weight is 154 g/mol. The van der Waals surface area contributed by atoms with Crippen LogP contribution in [0.25, 0.3) is 0 Å². The molecule has 0 aromatic heterocycles. The zero-order chi connectivity index (χ0) is 8.43. The molecule has 3 heteroatoms. The quantitative estimate of drug-likeness (QED) is 0.597. The van der Waals surface area contributed by atoms with Crippen molar-refractivity contribution in [3.05, 3.63) is 29.1 Å². The van der Waals surface area contributed by atoms with E-state index < -0.39 is 0 Å². The summed E-state index contributed by atoms with van der Waals surface area (Å²) in [7, 11) is 0. The summed E-state index contributed by atoms with van der Waals surface area (Å²) in [4.78, 5) is 0. The van der Waals surface area contributed by atoms with Crippen LogP contribution in [0.3, 0.4) is 0 Å². The molecule has 0 aliphatic carbocycles. The van der Waals surface area contributed by atoms with Gasteiger partial charge in [-0.15, -0.1) is 0 Å². The third-order valence-electron chi connectivity index (χ3n) is 1.75. The lowest BCUT2D eigenvalue weighted by atomic mass is 10.1. The van der Waals surface area contributed by atoms with Crippen LogP contribution in [0.1, 0.15) is 11.1 Å². The van der Waals surface area contributed by atoms with Gasteiger partial charge in [-0.2, -0.15) is 0 Å². The Balaban J connectivity index is 3.25. The Hall–Kier alpha value is -1.09. The van der Waals surface area contributed by atoms with E-state index in [2.05, 4.69) is 0 Å². The first-order chi connectivity index (χ1) is 5.16. The summed E-state index contributed by atoms with van der Waals surface area (Å²) in [6.45, 7) is 2.02. The molecule has 60 valence electrons. The fourth-order valence-electron chi connectivity index (χ4n) is 0.967. The lowest BCUT2D eigenvalue weighted by Crippen LogP contribution is -2.03. The third kappa shape index (κ3) is 1.33. The second-order valence-electron chi connectivity index (χ2n) is 2.46. The molecule has 0 amide bonds. The van der Waals surface area contributed by atoms with Crippen molar-refractivity contribution in [2.24, 2.45) is 5.73 Å². The molecule has 0 radical (unpaired) electrons. The van der Waals surface area contributed by atoms with Crippen molar-refractivity contribution in [2.45, 2.75) is 13.5 Å². The van der Waals surface area contributed by atoms with Crippen molar-refractivity contribution >= 4 is 5.69 Å². The van der Waals surface area contributed by atoms with E-state index in [4.69, 9.17) is 11.5 Å². The molecule has 0 fully saturated rings. The van der Waals surface area contributed by atoms with Gasteiger partial charge in [0.15, 0.2) is 0 Å². The van der Waals surface area contributed by atoms with Crippen LogP contribution >= 0.6 is 0 Å². The number of anilines is 1. The number of nitrogen functional groups attached to an aromatic ring is 1. The molecule has 4 N–H and O–H groups in total. The van der Waals surface area contributed by atoms with E-state index in [9.17, 15) is 4.39 Å². The Bertz CT molecular complexity index is 271. The SMILES string of the molecule is Cc1c(CN)ccc(N)c1F. The second kappa shape index (κ2) is 2.88. The molecule has 1 aromatic carbocycles. The van der Waals surface area contributed by atoms with E-state index in [1.54, 1.807) is 13.0 Å². The highest BCUT2D eigenvalue weighted by Gasteiger charge is 2.04.